The van der Waals surface area contributed by atoms with Gasteiger partial charge >= 0.3 is 0 Å². The van der Waals surface area contributed by atoms with Crippen molar-refractivity contribution >= 4 is 17.2 Å². The molecule has 18 heavy (non-hydrogen) atoms. The number of thiophene rings is 1. The SMILES string of the molecule is CCOC1=C(C)N2C(=O)CCN2[C@@H]1c1cccs1. The van der Waals surface area contributed by atoms with Crippen molar-refractivity contribution in [2.75, 3.05) is 13.2 Å². The van der Waals surface area contributed by atoms with Crippen LogP contribution in [0.1, 0.15) is 31.2 Å². The van der Waals surface area contributed by atoms with Crippen LogP contribution in [0.15, 0.2) is 29.0 Å². The van der Waals surface area contributed by atoms with Crippen LogP contribution in [-0.4, -0.2) is 29.1 Å². The Morgan fingerprint density at radius 1 is 1.56 bits per heavy atom. The third-order valence-corrected chi connectivity index (χ3v) is 4.31. The number of fused-ring (bicyclic) bond motifs is 1. The molecule has 1 fully saturated rings. The predicted octanol–water partition coefficient (Wildman–Crippen LogP) is 2.52. The summed E-state index contributed by atoms with van der Waals surface area (Å²) in [6, 6.07) is 4.23. The molecule has 0 saturated carbocycles. The Balaban J connectivity index is 2.03. The van der Waals surface area contributed by atoms with Gasteiger partial charge in [0.05, 0.1) is 12.3 Å². The van der Waals surface area contributed by atoms with Crippen molar-refractivity contribution < 1.29 is 9.53 Å². The van der Waals surface area contributed by atoms with Crippen molar-refractivity contribution in [2.45, 2.75) is 26.3 Å². The van der Waals surface area contributed by atoms with E-state index in [4.69, 9.17) is 4.74 Å². The smallest absolute Gasteiger partial charge is 0.242 e. The number of hydrazine groups is 1. The van der Waals surface area contributed by atoms with Crippen LogP contribution < -0.4 is 0 Å². The van der Waals surface area contributed by atoms with Crippen LogP contribution in [0.5, 0.6) is 0 Å². The fraction of sp³-hybridized carbons (Fsp3) is 0.462. The maximum Gasteiger partial charge on any atom is 0.242 e. The van der Waals surface area contributed by atoms with Crippen LogP contribution in [0.3, 0.4) is 0 Å². The van der Waals surface area contributed by atoms with Gasteiger partial charge in [-0.15, -0.1) is 11.3 Å². The molecule has 1 saturated heterocycles. The first-order valence-electron chi connectivity index (χ1n) is 6.20. The van der Waals surface area contributed by atoms with Gasteiger partial charge in [-0.1, -0.05) is 6.07 Å². The minimum Gasteiger partial charge on any atom is -0.494 e. The monoisotopic (exact) mass is 264 g/mol. The lowest BCUT2D eigenvalue weighted by molar-refractivity contribution is -0.133. The van der Waals surface area contributed by atoms with E-state index in [2.05, 4.69) is 16.5 Å². The second-order valence-corrected chi connectivity index (χ2v) is 5.40. The maximum absolute atomic E-state index is 11.9. The van der Waals surface area contributed by atoms with Gasteiger partial charge in [-0.2, -0.15) is 5.01 Å². The van der Waals surface area contributed by atoms with Gasteiger partial charge in [0.2, 0.25) is 5.91 Å². The van der Waals surface area contributed by atoms with Crippen LogP contribution in [0.2, 0.25) is 0 Å². The molecule has 1 amide bonds. The van der Waals surface area contributed by atoms with Crippen molar-refractivity contribution in [3.05, 3.63) is 33.8 Å². The number of carbonyl (C=O) groups is 1. The molecule has 96 valence electrons. The summed E-state index contributed by atoms with van der Waals surface area (Å²) < 4.78 is 5.79. The number of rotatable bonds is 3. The van der Waals surface area contributed by atoms with Crippen LogP contribution in [0.4, 0.5) is 0 Å². The zero-order valence-electron chi connectivity index (χ0n) is 10.5. The van der Waals surface area contributed by atoms with Crippen molar-refractivity contribution in [3.63, 3.8) is 0 Å². The van der Waals surface area contributed by atoms with Gasteiger partial charge in [0.15, 0.2) is 0 Å². The van der Waals surface area contributed by atoms with E-state index in [9.17, 15) is 4.79 Å². The molecule has 3 heterocycles. The predicted molar refractivity (Wildman–Crippen MR) is 69.6 cm³/mol. The van der Waals surface area contributed by atoms with E-state index < -0.39 is 0 Å². The summed E-state index contributed by atoms with van der Waals surface area (Å²) in [6.45, 7) is 5.35. The summed E-state index contributed by atoms with van der Waals surface area (Å²) in [5.41, 5.74) is 0.942. The Labute approximate surface area is 110 Å². The molecular formula is C13H16N2O2S. The highest BCUT2D eigenvalue weighted by molar-refractivity contribution is 7.10. The summed E-state index contributed by atoms with van der Waals surface area (Å²) in [4.78, 5) is 13.2. The number of ether oxygens (including phenoxy) is 1. The molecule has 3 rings (SSSR count). The summed E-state index contributed by atoms with van der Waals surface area (Å²) in [5, 5.41) is 5.97. The van der Waals surface area contributed by atoms with Gasteiger partial charge in [0.25, 0.3) is 0 Å². The van der Waals surface area contributed by atoms with Crippen LogP contribution in [0.25, 0.3) is 0 Å². The standard InChI is InChI=1S/C13H16N2O2S/c1-3-17-13-9(2)15-11(16)6-7-14(15)12(13)10-5-4-8-18-10/h4-5,8,12H,3,6-7H2,1-2H3/t12-/m1/s1. The Morgan fingerprint density at radius 2 is 2.39 bits per heavy atom. The Kier molecular flexibility index (Phi) is 2.87. The average molecular weight is 264 g/mol. The molecule has 0 aliphatic carbocycles. The van der Waals surface area contributed by atoms with Gasteiger partial charge in [0, 0.05) is 17.8 Å². The minimum atomic E-state index is 0.0800. The highest BCUT2D eigenvalue weighted by Gasteiger charge is 2.46. The third-order valence-electron chi connectivity index (χ3n) is 3.38. The number of carbonyl (C=O) groups excluding carboxylic acids is 1. The van der Waals surface area contributed by atoms with Gasteiger partial charge in [-0.05, 0) is 25.3 Å². The molecule has 1 aromatic heterocycles. The molecule has 1 aromatic rings. The summed E-state index contributed by atoms with van der Waals surface area (Å²) >= 11 is 1.71. The summed E-state index contributed by atoms with van der Waals surface area (Å²) in [7, 11) is 0. The van der Waals surface area contributed by atoms with E-state index in [0.717, 1.165) is 18.0 Å². The minimum absolute atomic E-state index is 0.0800. The lowest BCUT2D eigenvalue weighted by Crippen LogP contribution is -2.34. The molecule has 0 radical (unpaired) electrons. The van der Waals surface area contributed by atoms with E-state index in [1.165, 1.54) is 4.88 Å². The van der Waals surface area contributed by atoms with E-state index in [1.54, 1.807) is 16.3 Å². The molecule has 0 unspecified atom stereocenters. The molecule has 0 N–H and O–H groups in total. The van der Waals surface area contributed by atoms with Gasteiger partial charge in [0.1, 0.15) is 11.8 Å². The number of hydrogen-bond donors (Lipinski definition) is 0. The molecule has 5 heteroatoms. The largest absolute Gasteiger partial charge is 0.494 e. The van der Waals surface area contributed by atoms with Crippen molar-refractivity contribution in [2.24, 2.45) is 0 Å². The molecule has 0 aromatic carbocycles. The third kappa shape index (κ3) is 1.58. The summed E-state index contributed by atoms with van der Waals surface area (Å²) in [6.07, 6.45) is 0.596. The normalized spacial score (nSPS) is 24.0. The second-order valence-electron chi connectivity index (χ2n) is 4.42. The van der Waals surface area contributed by atoms with Crippen LogP contribution in [-0.2, 0) is 9.53 Å². The average Bonchev–Trinajstić information content (AvgIpc) is 3.02. The van der Waals surface area contributed by atoms with E-state index in [-0.39, 0.29) is 11.9 Å². The lowest BCUT2D eigenvalue weighted by atomic mass is 10.1. The Bertz CT molecular complexity index is 495. The number of nitrogens with zero attached hydrogens (tertiary/aromatic N) is 2. The zero-order valence-corrected chi connectivity index (χ0v) is 11.4. The quantitative estimate of drug-likeness (QED) is 0.841. The van der Waals surface area contributed by atoms with E-state index in [1.807, 2.05) is 19.9 Å². The second kappa shape index (κ2) is 4.40. The Morgan fingerprint density at radius 3 is 3.06 bits per heavy atom. The molecule has 2 aliphatic heterocycles. The highest BCUT2D eigenvalue weighted by Crippen LogP contribution is 2.44. The first-order chi connectivity index (χ1) is 8.74. The van der Waals surface area contributed by atoms with Crippen LogP contribution in [0, 0.1) is 0 Å². The molecular weight excluding hydrogens is 248 g/mol. The number of amides is 1. The maximum atomic E-state index is 11.9. The number of allylic oxidation sites excluding steroid dienone is 1. The number of hydrogen-bond acceptors (Lipinski definition) is 4. The van der Waals surface area contributed by atoms with Gasteiger partial charge in [-0.3, -0.25) is 4.79 Å². The molecule has 0 spiro atoms. The van der Waals surface area contributed by atoms with Crippen molar-refractivity contribution in [3.8, 4) is 0 Å². The highest BCUT2D eigenvalue weighted by atomic mass is 32.1. The molecule has 0 bridgehead atoms. The van der Waals surface area contributed by atoms with E-state index >= 15 is 0 Å². The first kappa shape index (κ1) is 11.7. The van der Waals surface area contributed by atoms with Crippen molar-refractivity contribution in [1.29, 1.82) is 0 Å². The molecule has 1 atom stereocenters. The zero-order chi connectivity index (χ0) is 12.7. The van der Waals surface area contributed by atoms with E-state index in [0.29, 0.717) is 13.0 Å². The lowest BCUT2D eigenvalue weighted by Gasteiger charge is -2.25. The van der Waals surface area contributed by atoms with Gasteiger partial charge < -0.3 is 4.74 Å². The van der Waals surface area contributed by atoms with Crippen LogP contribution >= 0.6 is 11.3 Å². The van der Waals surface area contributed by atoms with Crippen molar-refractivity contribution in [1.82, 2.24) is 10.0 Å². The molecule has 4 nitrogen and oxygen atoms in total. The fourth-order valence-electron chi connectivity index (χ4n) is 2.68. The fourth-order valence-corrected chi connectivity index (χ4v) is 3.51. The Hall–Kier alpha value is -1.33. The molecule has 2 aliphatic rings. The van der Waals surface area contributed by atoms with Gasteiger partial charge in [-0.25, -0.2) is 5.01 Å². The topological polar surface area (TPSA) is 32.8 Å². The first-order valence-corrected chi connectivity index (χ1v) is 7.08. The summed E-state index contributed by atoms with van der Waals surface area (Å²) in [5.74, 6) is 1.09.